The van der Waals surface area contributed by atoms with Crippen molar-refractivity contribution in [3.63, 3.8) is 0 Å². The molecule has 0 aliphatic rings. The maximum Gasteiger partial charge on any atom is 0.358 e. The normalized spacial score (nSPS) is 12.8. The van der Waals surface area contributed by atoms with Crippen LogP contribution < -0.4 is 5.73 Å². The van der Waals surface area contributed by atoms with E-state index in [2.05, 4.69) is 17.6 Å². The smallest absolute Gasteiger partial charge is 0.358 e. The SMILES string of the molecule is N[C@@H](CS)c1ocnc1C(=O)O. The fourth-order valence-corrected chi connectivity index (χ4v) is 0.928. The average Bonchev–Trinajstić information content (AvgIpc) is 2.50. The van der Waals surface area contributed by atoms with Gasteiger partial charge in [-0.3, -0.25) is 0 Å². The first-order chi connectivity index (χ1) is 5.66. The maximum atomic E-state index is 10.5. The third-order valence-corrected chi connectivity index (χ3v) is 1.72. The fraction of sp³-hybridized carbons (Fsp3) is 0.333. The van der Waals surface area contributed by atoms with E-state index in [1.54, 1.807) is 0 Å². The second-order valence-corrected chi connectivity index (χ2v) is 2.52. The summed E-state index contributed by atoms with van der Waals surface area (Å²) in [6.45, 7) is 0. The number of hydrogen-bond donors (Lipinski definition) is 3. The van der Waals surface area contributed by atoms with E-state index in [-0.39, 0.29) is 11.5 Å². The lowest BCUT2D eigenvalue weighted by Gasteiger charge is -2.03. The minimum absolute atomic E-state index is 0.142. The van der Waals surface area contributed by atoms with Crippen molar-refractivity contribution >= 4 is 18.6 Å². The van der Waals surface area contributed by atoms with Crippen LogP contribution in [0.3, 0.4) is 0 Å². The molecule has 0 saturated carbocycles. The second kappa shape index (κ2) is 3.59. The molecular formula is C6H8N2O3S. The van der Waals surface area contributed by atoms with Gasteiger partial charge in [-0.2, -0.15) is 12.6 Å². The second-order valence-electron chi connectivity index (χ2n) is 2.16. The van der Waals surface area contributed by atoms with Gasteiger partial charge in [0, 0.05) is 5.75 Å². The Morgan fingerprint density at radius 1 is 1.92 bits per heavy atom. The number of carbonyl (C=O) groups is 1. The first-order valence-corrected chi connectivity index (χ1v) is 3.83. The zero-order chi connectivity index (χ0) is 9.14. The number of oxazole rings is 1. The first-order valence-electron chi connectivity index (χ1n) is 3.20. The van der Waals surface area contributed by atoms with Crippen LogP contribution in [0, 0.1) is 0 Å². The summed E-state index contributed by atoms with van der Waals surface area (Å²) in [6.07, 6.45) is 1.06. The van der Waals surface area contributed by atoms with Crippen LogP contribution in [0.2, 0.25) is 0 Å². The average molecular weight is 188 g/mol. The van der Waals surface area contributed by atoms with Gasteiger partial charge in [-0.25, -0.2) is 9.78 Å². The summed E-state index contributed by atoms with van der Waals surface area (Å²) in [7, 11) is 0. The Balaban J connectivity index is 2.98. The van der Waals surface area contributed by atoms with E-state index in [1.165, 1.54) is 0 Å². The molecule has 0 radical (unpaired) electrons. The summed E-state index contributed by atoms with van der Waals surface area (Å²) in [5, 5.41) is 8.60. The van der Waals surface area contributed by atoms with Gasteiger partial charge in [0.1, 0.15) is 0 Å². The van der Waals surface area contributed by atoms with Crippen molar-refractivity contribution in [3.8, 4) is 0 Å². The first kappa shape index (κ1) is 9.08. The van der Waals surface area contributed by atoms with Gasteiger partial charge in [-0.15, -0.1) is 0 Å². The summed E-state index contributed by atoms with van der Waals surface area (Å²) in [5.41, 5.74) is 5.36. The molecule has 1 heterocycles. The van der Waals surface area contributed by atoms with Crippen molar-refractivity contribution in [2.24, 2.45) is 5.73 Å². The van der Waals surface area contributed by atoms with E-state index >= 15 is 0 Å². The maximum absolute atomic E-state index is 10.5. The van der Waals surface area contributed by atoms with Gasteiger partial charge in [-0.05, 0) is 0 Å². The number of nitrogens with zero attached hydrogens (tertiary/aromatic N) is 1. The minimum atomic E-state index is -1.14. The van der Waals surface area contributed by atoms with E-state index in [1.807, 2.05) is 0 Å². The summed E-state index contributed by atoms with van der Waals surface area (Å²) in [6, 6.07) is -0.526. The Labute approximate surface area is 74.0 Å². The van der Waals surface area contributed by atoms with Crippen LogP contribution in [0.4, 0.5) is 0 Å². The zero-order valence-corrected chi connectivity index (χ0v) is 6.99. The molecule has 0 spiro atoms. The Bertz CT molecular complexity index is 286. The Kier molecular flexibility index (Phi) is 2.72. The molecule has 6 heteroatoms. The van der Waals surface area contributed by atoms with Crippen LogP contribution in [-0.4, -0.2) is 21.8 Å². The lowest BCUT2D eigenvalue weighted by Crippen LogP contribution is -2.15. The van der Waals surface area contributed by atoms with E-state index in [0.717, 1.165) is 6.39 Å². The molecule has 0 aliphatic heterocycles. The Morgan fingerprint density at radius 2 is 2.58 bits per heavy atom. The molecule has 0 fully saturated rings. The van der Waals surface area contributed by atoms with Crippen molar-refractivity contribution in [1.29, 1.82) is 0 Å². The largest absolute Gasteiger partial charge is 0.476 e. The molecule has 0 saturated heterocycles. The lowest BCUT2D eigenvalue weighted by molar-refractivity contribution is 0.0688. The Morgan fingerprint density at radius 3 is 3.08 bits per heavy atom. The van der Waals surface area contributed by atoms with Crippen LogP contribution in [0.15, 0.2) is 10.8 Å². The molecule has 1 rings (SSSR count). The van der Waals surface area contributed by atoms with Gasteiger partial charge in [0.2, 0.25) is 0 Å². The van der Waals surface area contributed by atoms with E-state index in [0.29, 0.717) is 5.75 Å². The highest BCUT2D eigenvalue weighted by Gasteiger charge is 2.19. The third kappa shape index (κ3) is 1.59. The highest BCUT2D eigenvalue weighted by atomic mass is 32.1. The van der Waals surface area contributed by atoms with Crippen molar-refractivity contribution in [2.45, 2.75) is 6.04 Å². The number of nitrogens with two attached hydrogens (primary N) is 1. The van der Waals surface area contributed by atoms with Gasteiger partial charge in [0.15, 0.2) is 17.8 Å². The summed E-state index contributed by atoms with van der Waals surface area (Å²) in [5.74, 6) is -0.663. The van der Waals surface area contributed by atoms with E-state index < -0.39 is 12.0 Å². The number of hydrogen-bond acceptors (Lipinski definition) is 5. The molecule has 3 N–H and O–H groups in total. The highest BCUT2D eigenvalue weighted by Crippen LogP contribution is 2.15. The number of thiol groups is 1. The van der Waals surface area contributed by atoms with Crippen molar-refractivity contribution < 1.29 is 14.3 Å². The van der Waals surface area contributed by atoms with Crippen molar-refractivity contribution in [2.75, 3.05) is 5.75 Å². The summed E-state index contributed by atoms with van der Waals surface area (Å²) < 4.78 is 4.81. The Hall–Kier alpha value is -1.01. The zero-order valence-electron chi connectivity index (χ0n) is 6.10. The predicted molar refractivity (Wildman–Crippen MR) is 44.2 cm³/mol. The molecule has 0 aromatic carbocycles. The lowest BCUT2D eigenvalue weighted by atomic mass is 10.2. The molecule has 12 heavy (non-hydrogen) atoms. The van der Waals surface area contributed by atoms with Crippen LogP contribution in [-0.2, 0) is 0 Å². The van der Waals surface area contributed by atoms with E-state index in [4.69, 9.17) is 15.3 Å². The van der Waals surface area contributed by atoms with Gasteiger partial charge >= 0.3 is 5.97 Å². The predicted octanol–water partition coefficient (Wildman–Crippen LogP) is 0.302. The van der Waals surface area contributed by atoms with E-state index in [9.17, 15) is 4.79 Å². The number of aromatic carboxylic acids is 1. The summed E-state index contributed by atoms with van der Waals surface area (Å²) >= 11 is 3.91. The topological polar surface area (TPSA) is 89.4 Å². The van der Waals surface area contributed by atoms with Gasteiger partial charge in [0.05, 0.1) is 6.04 Å². The van der Waals surface area contributed by atoms with Crippen LogP contribution in [0.1, 0.15) is 22.3 Å². The molecule has 0 aliphatic carbocycles. The standard InChI is InChI=1S/C6H8N2O3S/c7-3(1-12)5-4(6(9)10)8-2-11-5/h2-3,12H,1,7H2,(H,9,10)/t3-/m0/s1. The fourth-order valence-electron chi connectivity index (χ4n) is 0.762. The van der Waals surface area contributed by atoms with Crippen molar-refractivity contribution in [3.05, 3.63) is 17.8 Å². The van der Waals surface area contributed by atoms with Gasteiger partial charge in [-0.1, -0.05) is 0 Å². The molecule has 0 amide bonds. The number of rotatable bonds is 3. The van der Waals surface area contributed by atoms with Crippen LogP contribution in [0.25, 0.3) is 0 Å². The van der Waals surface area contributed by atoms with Gasteiger partial charge < -0.3 is 15.3 Å². The molecule has 5 nitrogen and oxygen atoms in total. The molecule has 1 aromatic heterocycles. The number of carboxylic acid groups (broad SMARTS) is 1. The highest BCUT2D eigenvalue weighted by molar-refractivity contribution is 7.80. The molecular weight excluding hydrogens is 180 g/mol. The van der Waals surface area contributed by atoms with Crippen LogP contribution in [0.5, 0.6) is 0 Å². The molecule has 1 atom stereocenters. The van der Waals surface area contributed by atoms with Crippen molar-refractivity contribution in [1.82, 2.24) is 4.98 Å². The minimum Gasteiger partial charge on any atom is -0.476 e. The monoisotopic (exact) mass is 188 g/mol. The molecule has 0 unspecified atom stereocenters. The van der Waals surface area contributed by atoms with Crippen LogP contribution >= 0.6 is 12.6 Å². The molecule has 66 valence electrons. The third-order valence-electron chi connectivity index (χ3n) is 1.33. The molecule has 0 bridgehead atoms. The quantitative estimate of drug-likeness (QED) is 0.594. The summed E-state index contributed by atoms with van der Waals surface area (Å²) in [4.78, 5) is 14.0. The number of carboxylic acids is 1. The number of aromatic nitrogens is 1. The molecule has 1 aromatic rings. The van der Waals surface area contributed by atoms with Gasteiger partial charge in [0.25, 0.3) is 0 Å².